The quantitative estimate of drug-likeness (QED) is 0.549. The number of allylic oxidation sites excluding steroid dienone is 3. The van der Waals surface area contributed by atoms with Gasteiger partial charge in [0.05, 0.1) is 0 Å². The van der Waals surface area contributed by atoms with Gasteiger partial charge >= 0.3 is 0 Å². The Morgan fingerprint density at radius 3 is 2.24 bits per heavy atom. The normalized spacial score (nSPS) is 25.4. The van der Waals surface area contributed by atoms with Gasteiger partial charge in [0.2, 0.25) is 0 Å². The number of hydrogen-bond donors (Lipinski definition) is 0. The molecule has 1 unspecified atom stereocenters. The maximum atomic E-state index is 4.02. The molecule has 0 heteroatoms. The summed E-state index contributed by atoms with van der Waals surface area (Å²) in [5, 5.41) is 0. The zero-order valence-corrected chi connectivity index (χ0v) is 11.2. The summed E-state index contributed by atoms with van der Waals surface area (Å²) in [5.74, 6) is 2.53. The molecule has 0 amide bonds. The van der Waals surface area contributed by atoms with Gasteiger partial charge in [0.25, 0.3) is 0 Å². The number of rotatable bonds is 5. The summed E-state index contributed by atoms with van der Waals surface area (Å²) in [6.07, 6.45) is 21.4. The molecule has 1 atom stereocenters. The highest BCUT2D eigenvalue weighted by molar-refractivity contribution is 5.01. The standard InChI is InChI=1S/C17H28/c1-2-16(17-12-6-7-13-17)14-8-11-15-9-4-3-5-10-15/h2,8,14-17H,1,3-7,9-13H2. The molecular weight excluding hydrogens is 204 g/mol. The van der Waals surface area contributed by atoms with Crippen LogP contribution in [0.25, 0.3) is 0 Å². The predicted octanol–water partition coefficient (Wildman–Crippen LogP) is 5.51. The second-order valence-corrected chi connectivity index (χ2v) is 6.03. The third-order valence-corrected chi connectivity index (χ3v) is 4.77. The Hall–Kier alpha value is -0.520. The van der Waals surface area contributed by atoms with Crippen molar-refractivity contribution >= 4 is 0 Å². The van der Waals surface area contributed by atoms with Crippen LogP contribution in [0.15, 0.2) is 24.8 Å². The Bertz CT molecular complexity index is 239. The molecule has 17 heavy (non-hydrogen) atoms. The molecule has 2 rings (SSSR count). The molecule has 0 spiro atoms. The number of hydrogen-bond acceptors (Lipinski definition) is 0. The average Bonchev–Trinajstić information content (AvgIpc) is 2.90. The van der Waals surface area contributed by atoms with Crippen LogP contribution >= 0.6 is 0 Å². The third kappa shape index (κ3) is 4.01. The Morgan fingerprint density at radius 1 is 0.941 bits per heavy atom. The van der Waals surface area contributed by atoms with Crippen LogP contribution < -0.4 is 0 Å². The van der Waals surface area contributed by atoms with E-state index in [0.717, 1.165) is 11.8 Å². The van der Waals surface area contributed by atoms with Crippen LogP contribution in [-0.4, -0.2) is 0 Å². The van der Waals surface area contributed by atoms with E-state index < -0.39 is 0 Å². The third-order valence-electron chi connectivity index (χ3n) is 4.77. The summed E-state index contributed by atoms with van der Waals surface area (Å²) in [7, 11) is 0. The Morgan fingerprint density at radius 2 is 1.59 bits per heavy atom. The molecule has 0 aromatic rings. The van der Waals surface area contributed by atoms with E-state index in [0.29, 0.717) is 5.92 Å². The summed E-state index contributed by atoms with van der Waals surface area (Å²) in [6.45, 7) is 4.02. The molecule has 0 heterocycles. The van der Waals surface area contributed by atoms with Gasteiger partial charge in [-0.15, -0.1) is 6.58 Å². The van der Waals surface area contributed by atoms with Gasteiger partial charge in [-0.1, -0.05) is 63.2 Å². The second kappa shape index (κ2) is 7.03. The second-order valence-electron chi connectivity index (χ2n) is 6.03. The maximum absolute atomic E-state index is 4.02. The highest BCUT2D eigenvalue weighted by atomic mass is 14.3. The molecule has 0 aromatic carbocycles. The van der Waals surface area contributed by atoms with Crippen molar-refractivity contribution < 1.29 is 0 Å². The van der Waals surface area contributed by atoms with Crippen LogP contribution in [0.2, 0.25) is 0 Å². The Kier molecular flexibility index (Phi) is 5.35. The van der Waals surface area contributed by atoms with Crippen molar-refractivity contribution in [2.75, 3.05) is 0 Å². The van der Waals surface area contributed by atoms with E-state index in [2.05, 4.69) is 24.8 Å². The summed E-state index contributed by atoms with van der Waals surface area (Å²) in [5.41, 5.74) is 0. The van der Waals surface area contributed by atoms with Crippen molar-refractivity contribution in [3.63, 3.8) is 0 Å². The molecule has 2 saturated carbocycles. The van der Waals surface area contributed by atoms with Gasteiger partial charge in [-0.2, -0.15) is 0 Å². The molecule has 0 saturated heterocycles. The van der Waals surface area contributed by atoms with Crippen LogP contribution in [0.1, 0.15) is 64.2 Å². The van der Waals surface area contributed by atoms with Crippen molar-refractivity contribution in [2.24, 2.45) is 17.8 Å². The lowest BCUT2D eigenvalue weighted by Crippen LogP contribution is -2.07. The van der Waals surface area contributed by atoms with Crippen LogP contribution in [0.5, 0.6) is 0 Å². The molecular formula is C17H28. The van der Waals surface area contributed by atoms with E-state index in [-0.39, 0.29) is 0 Å². The smallest absolute Gasteiger partial charge is 0.00279 e. The monoisotopic (exact) mass is 232 g/mol. The van der Waals surface area contributed by atoms with Crippen molar-refractivity contribution in [3.05, 3.63) is 24.8 Å². The fraction of sp³-hybridized carbons (Fsp3) is 0.765. The minimum absolute atomic E-state index is 0.654. The van der Waals surface area contributed by atoms with Gasteiger partial charge in [0, 0.05) is 0 Å². The first-order valence-electron chi connectivity index (χ1n) is 7.69. The molecule has 96 valence electrons. The first-order valence-corrected chi connectivity index (χ1v) is 7.69. The summed E-state index contributed by atoms with van der Waals surface area (Å²) < 4.78 is 0. The maximum Gasteiger partial charge on any atom is -0.00279 e. The zero-order chi connectivity index (χ0) is 11.9. The van der Waals surface area contributed by atoms with Gasteiger partial charge in [-0.25, -0.2) is 0 Å². The van der Waals surface area contributed by atoms with Gasteiger partial charge in [0.1, 0.15) is 0 Å². The summed E-state index contributed by atoms with van der Waals surface area (Å²) >= 11 is 0. The first-order chi connectivity index (χ1) is 8.40. The first kappa shape index (κ1) is 12.9. The fourth-order valence-corrected chi connectivity index (χ4v) is 3.62. The molecule has 2 aliphatic rings. The molecule has 0 radical (unpaired) electrons. The zero-order valence-electron chi connectivity index (χ0n) is 11.2. The van der Waals surface area contributed by atoms with E-state index in [4.69, 9.17) is 0 Å². The van der Waals surface area contributed by atoms with E-state index in [1.165, 1.54) is 64.2 Å². The minimum atomic E-state index is 0.654. The molecule has 2 fully saturated rings. The highest BCUT2D eigenvalue weighted by Gasteiger charge is 2.20. The minimum Gasteiger partial charge on any atom is -0.102 e. The Balaban J connectivity index is 1.74. The van der Waals surface area contributed by atoms with Crippen molar-refractivity contribution in [1.29, 1.82) is 0 Å². The van der Waals surface area contributed by atoms with Gasteiger partial charge < -0.3 is 0 Å². The van der Waals surface area contributed by atoms with Crippen LogP contribution in [-0.2, 0) is 0 Å². The van der Waals surface area contributed by atoms with Crippen LogP contribution in [0.3, 0.4) is 0 Å². The lowest BCUT2D eigenvalue weighted by atomic mass is 9.85. The largest absolute Gasteiger partial charge is 0.102 e. The molecule has 0 N–H and O–H groups in total. The fourth-order valence-electron chi connectivity index (χ4n) is 3.62. The lowest BCUT2D eigenvalue weighted by molar-refractivity contribution is 0.360. The van der Waals surface area contributed by atoms with Crippen LogP contribution in [0, 0.1) is 17.8 Å². The van der Waals surface area contributed by atoms with Gasteiger partial charge in [-0.3, -0.25) is 0 Å². The van der Waals surface area contributed by atoms with Crippen molar-refractivity contribution in [3.8, 4) is 0 Å². The van der Waals surface area contributed by atoms with E-state index in [1.54, 1.807) is 0 Å². The van der Waals surface area contributed by atoms with Crippen molar-refractivity contribution in [1.82, 2.24) is 0 Å². The molecule has 0 aromatic heterocycles. The van der Waals surface area contributed by atoms with Gasteiger partial charge in [0.15, 0.2) is 0 Å². The Labute approximate surface area is 107 Å². The molecule has 0 nitrogen and oxygen atoms in total. The van der Waals surface area contributed by atoms with Crippen molar-refractivity contribution in [2.45, 2.75) is 64.2 Å². The molecule has 2 aliphatic carbocycles. The molecule has 0 bridgehead atoms. The summed E-state index contributed by atoms with van der Waals surface area (Å²) in [6, 6.07) is 0. The van der Waals surface area contributed by atoms with Gasteiger partial charge in [-0.05, 0) is 37.0 Å². The van der Waals surface area contributed by atoms with Crippen LogP contribution in [0.4, 0.5) is 0 Å². The predicted molar refractivity (Wildman–Crippen MR) is 76.0 cm³/mol. The SMILES string of the molecule is C=CC(C=CCC1CCCCC1)C1CCCC1. The van der Waals surface area contributed by atoms with E-state index in [1.807, 2.05) is 0 Å². The van der Waals surface area contributed by atoms with E-state index >= 15 is 0 Å². The summed E-state index contributed by atoms with van der Waals surface area (Å²) in [4.78, 5) is 0. The highest BCUT2D eigenvalue weighted by Crippen LogP contribution is 2.33. The molecule has 0 aliphatic heterocycles. The topological polar surface area (TPSA) is 0 Å². The average molecular weight is 232 g/mol. The van der Waals surface area contributed by atoms with E-state index in [9.17, 15) is 0 Å². The lowest BCUT2D eigenvalue weighted by Gasteiger charge is -2.20.